The molecule has 0 aliphatic heterocycles. The normalized spacial score (nSPS) is 12.7. The SMILES string of the molecule is CNCCC=C1c2ccccc2CCc2ccccc21.[Cl-]. The van der Waals surface area contributed by atoms with Crippen LogP contribution in [0, 0.1) is 0 Å². The van der Waals surface area contributed by atoms with Gasteiger partial charge in [-0.05, 0) is 60.7 Å². The molecule has 2 aromatic rings. The second-order valence-corrected chi connectivity index (χ2v) is 5.32. The molecule has 21 heavy (non-hydrogen) atoms. The molecule has 1 aliphatic carbocycles. The van der Waals surface area contributed by atoms with Gasteiger partial charge < -0.3 is 17.7 Å². The van der Waals surface area contributed by atoms with Crippen molar-refractivity contribution in [2.24, 2.45) is 0 Å². The van der Waals surface area contributed by atoms with E-state index in [2.05, 4.69) is 59.9 Å². The molecular weight excluding hydrogens is 278 g/mol. The Kier molecular flexibility index (Phi) is 5.60. The van der Waals surface area contributed by atoms with Gasteiger partial charge in [0.25, 0.3) is 0 Å². The Bertz CT molecular complexity index is 581. The van der Waals surface area contributed by atoms with Crippen molar-refractivity contribution in [3.8, 4) is 0 Å². The number of halogens is 1. The maximum atomic E-state index is 3.23. The van der Waals surface area contributed by atoms with Crippen LogP contribution in [0.25, 0.3) is 5.57 Å². The Balaban J connectivity index is 0.00000161. The average molecular weight is 299 g/mol. The first kappa shape index (κ1) is 15.8. The second-order valence-electron chi connectivity index (χ2n) is 5.32. The van der Waals surface area contributed by atoms with E-state index in [1.54, 1.807) is 0 Å². The Morgan fingerprint density at radius 1 is 0.905 bits per heavy atom. The van der Waals surface area contributed by atoms with E-state index in [-0.39, 0.29) is 12.4 Å². The largest absolute Gasteiger partial charge is 1.00 e. The zero-order valence-corrected chi connectivity index (χ0v) is 13.2. The predicted octanol–water partition coefficient (Wildman–Crippen LogP) is 0.830. The lowest BCUT2D eigenvalue weighted by Gasteiger charge is -2.12. The fraction of sp³-hybridized carbons (Fsp3) is 0.263. The van der Waals surface area contributed by atoms with E-state index < -0.39 is 0 Å². The summed E-state index contributed by atoms with van der Waals surface area (Å²) in [5.41, 5.74) is 7.17. The summed E-state index contributed by atoms with van der Waals surface area (Å²) in [5, 5.41) is 3.23. The van der Waals surface area contributed by atoms with Gasteiger partial charge >= 0.3 is 0 Å². The van der Waals surface area contributed by atoms with Crippen molar-refractivity contribution in [1.29, 1.82) is 0 Å². The number of aryl methyl sites for hydroxylation is 2. The van der Waals surface area contributed by atoms with E-state index in [4.69, 9.17) is 0 Å². The van der Waals surface area contributed by atoms with Crippen LogP contribution in [0.15, 0.2) is 54.6 Å². The minimum atomic E-state index is 0. The molecule has 0 spiro atoms. The number of hydrogen-bond donors (Lipinski definition) is 1. The van der Waals surface area contributed by atoms with E-state index >= 15 is 0 Å². The van der Waals surface area contributed by atoms with Crippen molar-refractivity contribution in [2.45, 2.75) is 19.3 Å². The third-order valence-corrected chi connectivity index (χ3v) is 4.02. The van der Waals surface area contributed by atoms with E-state index in [0.717, 1.165) is 25.8 Å². The first-order chi connectivity index (χ1) is 9.90. The van der Waals surface area contributed by atoms with Gasteiger partial charge in [0.1, 0.15) is 0 Å². The van der Waals surface area contributed by atoms with Crippen molar-refractivity contribution in [3.05, 3.63) is 76.9 Å². The molecule has 2 heteroatoms. The highest BCUT2D eigenvalue weighted by atomic mass is 35.5. The molecule has 0 saturated carbocycles. The van der Waals surface area contributed by atoms with Crippen LogP contribution in [0.1, 0.15) is 28.7 Å². The maximum absolute atomic E-state index is 3.23. The molecule has 0 bridgehead atoms. The number of benzene rings is 2. The molecule has 2 aromatic carbocycles. The van der Waals surface area contributed by atoms with Crippen LogP contribution in [0.4, 0.5) is 0 Å². The van der Waals surface area contributed by atoms with Crippen LogP contribution in [-0.4, -0.2) is 13.6 Å². The van der Waals surface area contributed by atoms with Gasteiger partial charge in [-0.25, -0.2) is 0 Å². The van der Waals surface area contributed by atoms with Gasteiger partial charge in [-0.15, -0.1) is 0 Å². The molecule has 0 radical (unpaired) electrons. The predicted molar refractivity (Wildman–Crippen MR) is 85.9 cm³/mol. The average Bonchev–Trinajstić information content (AvgIpc) is 2.66. The third-order valence-electron chi connectivity index (χ3n) is 4.02. The number of rotatable bonds is 3. The van der Waals surface area contributed by atoms with Gasteiger partial charge in [0.15, 0.2) is 0 Å². The Labute approximate surface area is 133 Å². The van der Waals surface area contributed by atoms with Crippen molar-refractivity contribution in [2.75, 3.05) is 13.6 Å². The standard InChI is InChI=1S/C19H21N.ClH/c1-20-14-6-11-19-17-9-4-2-7-15(17)12-13-16-8-3-5-10-18(16)19;/h2-5,7-11,20H,6,12-14H2,1H3;1H/p-1. The lowest BCUT2D eigenvalue weighted by atomic mass is 9.93. The highest BCUT2D eigenvalue weighted by Crippen LogP contribution is 2.33. The van der Waals surface area contributed by atoms with Crippen LogP contribution in [0.2, 0.25) is 0 Å². The number of hydrogen-bond acceptors (Lipinski definition) is 1. The Morgan fingerprint density at radius 3 is 1.95 bits per heavy atom. The minimum absolute atomic E-state index is 0. The van der Waals surface area contributed by atoms with Gasteiger partial charge in [-0.3, -0.25) is 0 Å². The summed E-state index contributed by atoms with van der Waals surface area (Å²) in [4.78, 5) is 0. The summed E-state index contributed by atoms with van der Waals surface area (Å²) >= 11 is 0. The monoisotopic (exact) mass is 298 g/mol. The molecule has 0 fully saturated rings. The summed E-state index contributed by atoms with van der Waals surface area (Å²) in [6, 6.07) is 17.7. The van der Waals surface area contributed by atoms with E-state index in [1.165, 1.54) is 27.8 Å². The van der Waals surface area contributed by atoms with E-state index in [1.807, 2.05) is 7.05 Å². The molecule has 0 atom stereocenters. The summed E-state index contributed by atoms with van der Waals surface area (Å²) in [5.74, 6) is 0. The van der Waals surface area contributed by atoms with Gasteiger partial charge in [-0.2, -0.15) is 0 Å². The van der Waals surface area contributed by atoms with Gasteiger partial charge in [0.05, 0.1) is 0 Å². The zero-order chi connectivity index (χ0) is 13.8. The molecule has 0 aromatic heterocycles. The summed E-state index contributed by atoms with van der Waals surface area (Å²) in [6.45, 7) is 1.02. The molecule has 110 valence electrons. The highest BCUT2D eigenvalue weighted by molar-refractivity contribution is 5.83. The summed E-state index contributed by atoms with van der Waals surface area (Å²) in [6.07, 6.45) is 5.72. The molecular formula is C19H21ClN-. The molecule has 0 amide bonds. The second kappa shape index (κ2) is 7.44. The topological polar surface area (TPSA) is 12.0 Å². The van der Waals surface area contributed by atoms with Crippen LogP contribution in [-0.2, 0) is 12.8 Å². The number of fused-ring (bicyclic) bond motifs is 2. The number of nitrogens with one attached hydrogen (secondary N) is 1. The van der Waals surface area contributed by atoms with Crippen molar-refractivity contribution in [1.82, 2.24) is 5.32 Å². The molecule has 0 heterocycles. The van der Waals surface area contributed by atoms with Crippen LogP contribution in [0.5, 0.6) is 0 Å². The lowest BCUT2D eigenvalue weighted by molar-refractivity contribution is -0.00000400. The molecule has 1 nitrogen and oxygen atoms in total. The van der Waals surface area contributed by atoms with Crippen LogP contribution in [0.3, 0.4) is 0 Å². The van der Waals surface area contributed by atoms with Gasteiger partial charge in [0, 0.05) is 0 Å². The molecule has 1 aliphatic rings. The minimum Gasteiger partial charge on any atom is -1.00 e. The Morgan fingerprint density at radius 2 is 1.43 bits per heavy atom. The van der Waals surface area contributed by atoms with E-state index in [0.29, 0.717) is 0 Å². The molecule has 1 N–H and O–H groups in total. The summed E-state index contributed by atoms with van der Waals surface area (Å²) < 4.78 is 0. The molecule has 0 saturated heterocycles. The zero-order valence-electron chi connectivity index (χ0n) is 12.4. The lowest BCUT2D eigenvalue weighted by Crippen LogP contribution is -3.00. The van der Waals surface area contributed by atoms with Crippen molar-refractivity contribution < 1.29 is 12.4 Å². The molecule has 0 unspecified atom stereocenters. The first-order valence-electron chi connectivity index (χ1n) is 7.41. The van der Waals surface area contributed by atoms with Gasteiger partial charge in [0.2, 0.25) is 0 Å². The smallest absolute Gasteiger partial charge is 0.00169 e. The quantitative estimate of drug-likeness (QED) is 0.828. The Hall–Kier alpha value is -1.57. The third kappa shape index (κ3) is 3.37. The summed E-state index contributed by atoms with van der Waals surface area (Å²) in [7, 11) is 2.01. The van der Waals surface area contributed by atoms with Crippen molar-refractivity contribution >= 4 is 5.57 Å². The van der Waals surface area contributed by atoms with Gasteiger partial charge in [-0.1, -0.05) is 54.6 Å². The maximum Gasteiger partial charge on any atom is -0.00169 e. The molecule has 3 rings (SSSR count). The van der Waals surface area contributed by atoms with E-state index in [9.17, 15) is 0 Å². The highest BCUT2D eigenvalue weighted by Gasteiger charge is 2.16. The van der Waals surface area contributed by atoms with Crippen LogP contribution < -0.4 is 17.7 Å². The fourth-order valence-electron chi connectivity index (χ4n) is 3.00. The first-order valence-corrected chi connectivity index (χ1v) is 7.41. The van der Waals surface area contributed by atoms with Crippen molar-refractivity contribution in [3.63, 3.8) is 0 Å². The fourth-order valence-corrected chi connectivity index (χ4v) is 3.00. The van der Waals surface area contributed by atoms with Crippen LogP contribution >= 0.6 is 0 Å².